The first-order valence-electron chi connectivity index (χ1n) is 6.91. The lowest BCUT2D eigenvalue weighted by Gasteiger charge is -2.23. The van der Waals surface area contributed by atoms with Crippen LogP contribution in [0, 0.1) is 11.8 Å². The number of amides is 1. The van der Waals surface area contributed by atoms with Crippen LogP contribution < -0.4 is 16.4 Å². The van der Waals surface area contributed by atoms with Crippen LogP contribution in [0.3, 0.4) is 0 Å². The topological polar surface area (TPSA) is 79.5 Å². The van der Waals surface area contributed by atoms with Gasteiger partial charge in [0.15, 0.2) is 5.96 Å². The first-order chi connectivity index (χ1) is 8.59. The van der Waals surface area contributed by atoms with Crippen LogP contribution in [0.25, 0.3) is 0 Å². The molecular weight excluding hydrogens is 355 g/mol. The number of halogens is 1. The minimum Gasteiger partial charge on any atom is -0.370 e. The maximum absolute atomic E-state index is 11.3. The Morgan fingerprint density at radius 2 is 1.95 bits per heavy atom. The molecule has 0 aromatic rings. The number of rotatable bonds is 7. The molecule has 0 unspecified atom stereocenters. The summed E-state index contributed by atoms with van der Waals surface area (Å²) in [4.78, 5) is 15.6. The molecule has 5 nitrogen and oxygen atoms in total. The summed E-state index contributed by atoms with van der Waals surface area (Å²) in [6.45, 7) is 6.05. The third kappa shape index (κ3) is 8.28. The van der Waals surface area contributed by atoms with Gasteiger partial charge in [0.25, 0.3) is 0 Å². The van der Waals surface area contributed by atoms with Crippen molar-refractivity contribution in [2.24, 2.45) is 22.6 Å². The van der Waals surface area contributed by atoms with E-state index in [1.807, 2.05) is 13.8 Å². The first kappa shape index (κ1) is 18.5. The number of hydrogen-bond acceptors (Lipinski definition) is 2. The van der Waals surface area contributed by atoms with Gasteiger partial charge in [-0.3, -0.25) is 9.79 Å². The second kappa shape index (κ2) is 10.3. The summed E-state index contributed by atoms with van der Waals surface area (Å²) >= 11 is 0. The molecule has 1 aliphatic rings. The summed E-state index contributed by atoms with van der Waals surface area (Å²) in [5.41, 5.74) is 5.74. The number of nitrogens with zero attached hydrogens (tertiary/aromatic N) is 1. The van der Waals surface area contributed by atoms with E-state index in [2.05, 4.69) is 15.6 Å². The van der Waals surface area contributed by atoms with Crippen LogP contribution in [0.15, 0.2) is 4.99 Å². The van der Waals surface area contributed by atoms with E-state index >= 15 is 0 Å². The lowest BCUT2D eigenvalue weighted by atomic mass is 9.86. The second-order valence-corrected chi connectivity index (χ2v) is 5.25. The van der Waals surface area contributed by atoms with Crippen LogP contribution in [0.4, 0.5) is 0 Å². The fraction of sp³-hybridized carbons (Fsp3) is 0.846. The lowest BCUT2D eigenvalue weighted by Crippen LogP contribution is -2.35. The van der Waals surface area contributed by atoms with E-state index in [9.17, 15) is 4.79 Å². The highest BCUT2D eigenvalue weighted by atomic mass is 127. The van der Waals surface area contributed by atoms with Gasteiger partial charge in [-0.15, -0.1) is 24.0 Å². The van der Waals surface area contributed by atoms with E-state index in [4.69, 9.17) is 5.73 Å². The number of carbonyl (C=O) groups excluding carboxylic acids is 1. The van der Waals surface area contributed by atoms with Gasteiger partial charge in [0.1, 0.15) is 0 Å². The SMILES string of the molecule is CC(C)C(=O)NCCCNC(N)=NCC1CCC1.I. The Morgan fingerprint density at radius 1 is 1.32 bits per heavy atom. The number of hydrogen-bond donors (Lipinski definition) is 3. The molecule has 112 valence electrons. The Labute approximate surface area is 133 Å². The molecule has 1 amide bonds. The largest absolute Gasteiger partial charge is 0.370 e. The van der Waals surface area contributed by atoms with Crippen molar-refractivity contribution in [2.75, 3.05) is 19.6 Å². The van der Waals surface area contributed by atoms with Crippen molar-refractivity contribution < 1.29 is 4.79 Å². The predicted molar refractivity (Wildman–Crippen MR) is 89.7 cm³/mol. The van der Waals surface area contributed by atoms with E-state index in [1.165, 1.54) is 19.3 Å². The second-order valence-electron chi connectivity index (χ2n) is 5.25. The molecular formula is C13H27IN4O. The monoisotopic (exact) mass is 382 g/mol. The Bertz CT molecular complexity index is 290. The van der Waals surface area contributed by atoms with Gasteiger partial charge < -0.3 is 16.4 Å². The van der Waals surface area contributed by atoms with Gasteiger partial charge in [-0.25, -0.2) is 0 Å². The molecule has 1 saturated carbocycles. The third-order valence-corrected chi connectivity index (χ3v) is 3.23. The molecule has 19 heavy (non-hydrogen) atoms. The maximum Gasteiger partial charge on any atom is 0.222 e. The standard InChI is InChI=1S/C13H26N4O.HI/c1-10(2)12(18)15-7-4-8-16-13(14)17-9-11-5-3-6-11;/h10-11H,3-9H2,1-2H3,(H,15,18)(H3,14,16,17);1H. The maximum atomic E-state index is 11.3. The fourth-order valence-electron chi connectivity index (χ4n) is 1.68. The zero-order valence-electron chi connectivity index (χ0n) is 11.9. The van der Waals surface area contributed by atoms with E-state index < -0.39 is 0 Å². The summed E-state index contributed by atoms with van der Waals surface area (Å²) in [6.07, 6.45) is 4.78. The van der Waals surface area contributed by atoms with Crippen LogP contribution >= 0.6 is 24.0 Å². The van der Waals surface area contributed by atoms with Crippen molar-refractivity contribution in [3.8, 4) is 0 Å². The molecule has 6 heteroatoms. The zero-order chi connectivity index (χ0) is 13.4. The average molecular weight is 382 g/mol. The Morgan fingerprint density at radius 3 is 2.47 bits per heavy atom. The van der Waals surface area contributed by atoms with E-state index in [1.54, 1.807) is 0 Å². The van der Waals surface area contributed by atoms with Gasteiger partial charge in [-0.2, -0.15) is 0 Å². The summed E-state index contributed by atoms with van der Waals surface area (Å²) in [5, 5.41) is 5.93. The molecule has 0 aromatic heterocycles. The minimum atomic E-state index is 0. The number of guanidine groups is 1. The highest BCUT2D eigenvalue weighted by molar-refractivity contribution is 14.0. The van der Waals surface area contributed by atoms with Crippen LogP contribution in [-0.4, -0.2) is 31.5 Å². The normalized spacial score (nSPS) is 15.6. The number of nitrogens with one attached hydrogen (secondary N) is 2. The molecule has 1 aliphatic carbocycles. The summed E-state index contributed by atoms with van der Waals surface area (Å²) < 4.78 is 0. The van der Waals surface area contributed by atoms with Crippen LogP contribution in [0.5, 0.6) is 0 Å². The molecule has 0 aliphatic heterocycles. The van der Waals surface area contributed by atoms with E-state index in [0.29, 0.717) is 12.5 Å². The van der Waals surface area contributed by atoms with E-state index in [-0.39, 0.29) is 35.8 Å². The molecule has 0 spiro atoms. The Balaban J connectivity index is 0.00000324. The molecule has 0 aromatic carbocycles. The van der Waals surface area contributed by atoms with Gasteiger partial charge in [0, 0.05) is 25.6 Å². The highest BCUT2D eigenvalue weighted by Gasteiger charge is 2.16. The quantitative estimate of drug-likeness (QED) is 0.270. The van der Waals surface area contributed by atoms with Crippen molar-refractivity contribution in [1.82, 2.24) is 10.6 Å². The average Bonchev–Trinajstić information content (AvgIpc) is 2.26. The Hall–Kier alpha value is -0.530. The van der Waals surface area contributed by atoms with Crippen molar-refractivity contribution >= 4 is 35.8 Å². The van der Waals surface area contributed by atoms with Crippen molar-refractivity contribution in [3.63, 3.8) is 0 Å². The van der Waals surface area contributed by atoms with Crippen LogP contribution in [0.2, 0.25) is 0 Å². The molecule has 4 N–H and O–H groups in total. The van der Waals surface area contributed by atoms with Crippen molar-refractivity contribution in [2.45, 2.75) is 39.5 Å². The number of nitrogens with two attached hydrogens (primary N) is 1. The van der Waals surface area contributed by atoms with Gasteiger partial charge in [0.05, 0.1) is 0 Å². The smallest absolute Gasteiger partial charge is 0.222 e. The number of carbonyl (C=O) groups is 1. The van der Waals surface area contributed by atoms with Crippen molar-refractivity contribution in [3.05, 3.63) is 0 Å². The lowest BCUT2D eigenvalue weighted by molar-refractivity contribution is -0.123. The molecule has 0 heterocycles. The minimum absolute atomic E-state index is 0. The fourth-order valence-corrected chi connectivity index (χ4v) is 1.68. The van der Waals surface area contributed by atoms with Crippen LogP contribution in [0.1, 0.15) is 39.5 Å². The molecule has 0 bridgehead atoms. The summed E-state index contributed by atoms with van der Waals surface area (Å²) in [5.74, 6) is 1.42. The summed E-state index contributed by atoms with van der Waals surface area (Å²) in [6, 6.07) is 0. The van der Waals surface area contributed by atoms with Gasteiger partial charge >= 0.3 is 0 Å². The number of aliphatic imine (C=N–C) groups is 1. The molecule has 1 fully saturated rings. The molecule has 0 atom stereocenters. The van der Waals surface area contributed by atoms with E-state index in [0.717, 1.165) is 25.4 Å². The van der Waals surface area contributed by atoms with Crippen LogP contribution in [-0.2, 0) is 4.79 Å². The van der Waals surface area contributed by atoms with Gasteiger partial charge in [-0.1, -0.05) is 20.3 Å². The highest BCUT2D eigenvalue weighted by Crippen LogP contribution is 2.26. The Kier molecular flexibility index (Phi) is 9.99. The first-order valence-corrected chi connectivity index (χ1v) is 6.91. The summed E-state index contributed by atoms with van der Waals surface area (Å²) in [7, 11) is 0. The molecule has 0 saturated heterocycles. The van der Waals surface area contributed by atoms with Crippen molar-refractivity contribution in [1.29, 1.82) is 0 Å². The third-order valence-electron chi connectivity index (χ3n) is 3.23. The molecule has 1 rings (SSSR count). The molecule has 0 radical (unpaired) electrons. The zero-order valence-corrected chi connectivity index (χ0v) is 14.3. The predicted octanol–water partition coefficient (Wildman–Crippen LogP) is 1.47. The van der Waals surface area contributed by atoms with Gasteiger partial charge in [-0.05, 0) is 25.2 Å². The van der Waals surface area contributed by atoms with Gasteiger partial charge in [0.2, 0.25) is 5.91 Å².